The van der Waals surface area contributed by atoms with Gasteiger partial charge < -0.3 is 16.3 Å². The van der Waals surface area contributed by atoms with Crippen molar-refractivity contribution in [3.8, 4) is 0 Å². The maximum Gasteiger partial charge on any atom is 0.256 e. The molecule has 0 aromatic heterocycles. The summed E-state index contributed by atoms with van der Waals surface area (Å²) in [4.78, 5) is 12.2. The number of carbonyl (C=O) groups is 1. The van der Waals surface area contributed by atoms with Gasteiger partial charge in [-0.15, -0.1) is 0 Å². The monoisotopic (exact) mass is 399 g/mol. The lowest BCUT2D eigenvalue weighted by Gasteiger charge is -2.11. The van der Waals surface area contributed by atoms with E-state index in [1.54, 1.807) is 24.3 Å². The zero-order valence-corrected chi connectivity index (χ0v) is 12.8. The van der Waals surface area contributed by atoms with Crippen LogP contribution in [0.2, 0.25) is 0 Å². The fourth-order valence-electron chi connectivity index (χ4n) is 1.73. The predicted octanol–water partition coefficient (Wildman–Crippen LogP) is 2.78. The number of rotatable bonds is 3. The number of amidine groups is 1. The van der Waals surface area contributed by atoms with E-state index < -0.39 is 11.7 Å². The van der Waals surface area contributed by atoms with E-state index >= 15 is 0 Å². The number of para-hydroxylation sites is 1. The summed E-state index contributed by atoms with van der Waals surface area (Å²) in [7, 11) is 0. The van der Waals surface area contributed by atoms with Crippen molar-refractivity contribution in [2.75, 3.05) is 5.32 Å². The number of anilines is 1. The van der Waals surface area contributed by atoms with E-state index in [-0.39, 0.29) is 5.84 Å². The predicted molar refractivity (Wildman–Crippen MR) is 86.0 cm³/mol. The molecule has 0 aliphatic carbocycles. The van der Waals surface area contributed by atoms with Crippen LogP contribution in [-0.2, 0) is 0 Å². The van der Waals surface area contributed by atoms with E-state index in [4.69, 9.17) is 10.9 Å². The van der Waals surface area contributed by atoms with Gasteiger partial charge in [-0.05, 0) is 52.9 Å². The van der Waals surface area contributed by atoms with E-state index in [1.807, 2.05) is 22.6 Å². The van der Waals surface area contributed by atoms with Crippen LogP contribution in [0.25, 0.3) is 0 Å². The highest BCUT2D eigenvalue weighted by Crippen LogP contribution is 2.19. The van der Waals surface area contributed by atoms with Gasteiger partial charge in [0.05, 0.1) is 11.3 Å². The van der Waals surface area contributed by atoms with Crippen LogP contribution in [-0.4, -0.2) is 17.0 Å². The molecule has 0 fully saturated rings. The fraction of sp³-hybridized carbons (Fsp3) is 0. The molecule has 0 radical (unpaired) electrons. The van der Waals surface area contributed by atoms with E-state index in [0.29, 0.717) is 20.4 Å². The Bertz CT molecular complexity index is 719. The van der Waals surface area contributed by atoms with Crippen LogP contribution in [0.4, 0.5) is 10.1 Å². The number of hydrogen-bond acceptors (Lipinski definition) is 3. The summed E-state index contributed by atoms with van der Waals surface area (Å²) in [6.45, 7) is 0. The van der Waals surface area contributed by atoms with Crippen molar-refractivity contribution >= 4 is 40.0 Å². The lowest BCUT2D eigenvalue weighted by Crippen LogP contribution is -2.19. The molecule has 5 nitrogen and oxygen atoms in total. The van der Waals surface area contributed by atoms with Gasteiger partial charge in [0.25, 0.3) is 5.91 Å². The van der Waals surface area contributed by atoms with Crippen molar-refractivity contribution in [1.29, 1.82) is 0 Å². The lowest BCUT2D eigenvalue weighted by molar-refractivity contribution is 0.102. The zero-order valence-electron chi connectivity index (χ0n) is 10.7. The molecule has 0 unspecified atom stereocenters. The van der Waals surface area contributed by atoms with Crippen LogP contribution >= 0.6 is 22.6 Å². The van der Waals surface area contributed by atoms with Crippen molar-refractivity contribution in [3.63, 3.8) is 0 Å². The first kappa shape index (κ1) is 15.2. The Balaban J connectivity index is 2.32. The van der Waals surface area contributed by atoms with E-state index in [9.17, 15) is 9.18 Å². The summed E-state index contributed by atoms with van der Waals surface area (Å²) in [6, 6.07) is 10.5. The van der Waals surface area contributed by atoms with Crippen LogP contribution in [0.1, 0.15) is 15.9 Å². The van der Waals surface area contributed by atoms with Crippen molar-refractivity contribution in [1.82, 2.24) is 0 Å². The molecule has 0 bridgehead atoms. The normalized spacial score (nSPS) is 11.2. The highest BCUT2D eigenvalue weighted by atomic mass is 127. The van der Waals surface area contributed by atoms with E-state index in [1.165, 1.54) is 18.2 Å². The number of halogens is 2. The quantitative estimate of drug-likeness (QED) is 0.244. The second-order valence-electron chi connectivity index (χ2n) is 4.11. The highest BCUT2D eigenvalue weighted by molar-refractivity contribution is 14.1. The molecule has 2 aromatic rings. The van der Waals surface area contributed by atoms with E-state index in [0.717, 1.165) is 0 Å². The number of nitrogens with zero attached hydrogens (tertiary/aromatic N) is 1. The molecule has 0 saturated heterocycles. The first-order chi connectivity index (χ1) is 10.0. The summed E-state index contributed by atoms with van der Waals surface area (Å²) in [5.41, 5.74) is 6.69. The first-order valence-electron chi connectivity index (χ1n) is 5.86. The van der Waals surface area contributed by atoms with Gasteiger partial charge in [-0.25, -0.2) is 4.39 Å². The maximum atomic E-state index is 13.1. The van der Waals surface area contributed by atoms with Gasteiger partial charge in [0, 0.05) is 9.13 Å². The molecule has 2 aromatic carbocycles. The minimum absolute atomic E-state index is 0.111. The molecule has 4 N–H and O–H groups in total. The number of hydrogen-bond donors (Lipinski definition) is 3. The van der Waals surface area contributed by atoms with Gasteiger partial charge in [0.15, 0.2) is 5.84 Å². The van der Waals surface area contributed by atoms with Crippen LogP contribution in [0.3, 0.4) is 0 Å². The van der Waals surface area contributed by atoms with Gasteiger partial charge in [-0.2, -0.15) is 0 Å². The Labute approximate surface area is 133 Å². The molecule has 1 amide bonds. The molecule has 0 heterocycles. The minimum atomic E-state index is -0.409. The third-order valence-corrected chi connectivity index (χ3v) is 3.63. The number of nitrogens with one attached hydrogen (secondary N) is 1. The SMILES string of the molecule is N/C(=N/O)c1ccccc1NC(=O)c1ccc(F)cc1I. The van der Waals surface area contributed by atoms with Gasteiger partial charge in [0.2, 0.25) is 0 Å². The zero-order chi connectivity index (χ0) is 15.4. The largest absolute Gasteiger partial charge is 0.409 e. The fourth-order valence-corrected chi connectivity index (χ4v) is 2.45. The molecule has 7 heteroatoms. The van der Waals surface area contributed by atoms with Gasteiger partial charge in [-0.1, -0.05) is 17.3 Å². The Kier molecular flexibility index (Phi) is 4.73. The van der Waals surface area contributed by atoms with Gasteiger partial charge in [-0.3, -0.25) is 4.79 Å². The molecule has 0 spiro atoms. The number of nitrogens with two attached hydrogens (primary N) is 1. The Morgan fingerprint density at radius 1 is 1.24 bits per heavy atom. The third kappa shape index (κ3) is 3.48. The van der Waals surface area contributed by atoms with Crippen molar-refractivity contribution in [2.45, 2.75) is 0 Å². The minimum Gasteiger partial charge on any atom is -0.409 e. The Morgan fingerprint density at radius 3 is 2.62 bits per heavy atom. The average Bonchev–Trinajstić information content (AvgIpc) is 2.46. The molecule has 2 rings (SSSR count). The van der Waals surface area contributed by atoms with Gasteiger partial charge in [0.1, 0.15) is 5.82 Å². The summed E-state index contributed by atoms with van der Waals surface area (Å²) >= 11 is 1.88. The molecule has 21 heavy (non-hydrogen) atoms. The van der Waals surface area contributed by atoms with Crippen LogP contribution in [0.15, 0.2) is 47.6 Å². The standard InChI is InChI=1S/C14H11FIN3O2/c15-8-5-6-9(11(16)7-8)14(20)18-12-4-2-1-3-10(12)13(17)19-21/h1-7,21H,(H2,17,19)(H,18,20). The second-order valence-corrected chi connectivity index (χ2v) is 5.27. The molecular formula is C14H11FIN3O2. The van der Waals surface area contributed by atoms with Crippen molar-refractivity contribution < 1.29 is 14.4 Å². The maximum absolute atomic E-state index is 13.1. The molecule has 0 saturated carbocycles. The third-order valence-electron chi connectivity index (χ3n) is 2.73. The van der Waals surface area contributed by atoms with Crippen LogP contribution in [0, 0.1) is 9.39 Å². The topological polar surface area (TPSA) is 87.7 Å². The van der Waals surface area contributed by atoms with E-state index in [2.05, 4.69) is 10.5 Å². The summed E-state index contributed by atoms with van der Waals surface area (Å²) in [6.07, 6.45) is 0. The number of benzene rings is 2. The summed E-state index contributed by atoms with van der Waals surface area (Å²) in [5.74, 6) is -0.926. The molecule has 0 aliphatic heterocycles. The molecular weight excluding hydrogens is 388 g/mol. The summed E-state index contributed by atoms with van der Waals surface area (Å²) < 4.78 is 13.5. The smallest absolute Gasteiger partial charge is 0.256 e. The van der Waals surface area contributed by atoms with Crippen LogP contribution in [0.5, 0.6) is 0 Å². The molecule has 108 valence electrons. The summed E-state index contributed by atoms with van der Waals surface area (Å²) in [5, 5.41) is 14.3. The number of amides is 1. The lowest BCUT2D eigenvalue weighted by atomic mass is 10.1. The Morgan fingerprint density at radius 2 is 1.95 bits per heavy atom. The second kappa shape index (κ2) is 6.53. The van der Waals surface area contributed by atoms with Crippen molar-refractivity contribution in [2.24, 2.45) is 10.9 Å². The number of oxime groups is 1. The van der Waals surface area contributed by atoms with Crippen molar-refractivity contribution in [3.05, 3.63) is 63.0 Å². The average molecular weight is 399 g/mol. The first-order valence-corrected chi connectivity index (χ1v) is 6.94. The van der Waals surface area contributed by atoms with Gasteiger partial charge >= 0.3 is 0 Å². The number of carbonyl (C=O) groups excluding carboxylic acids is 1. The highest BCUT2D eigenvalue weighted by Gasteiger charge is 2.14. The molecule has 0 aliphatic rings. The Hall–Kier alpha value is -2.16. The van der Waals surface area contributed by atoms with Crippen LogP contribution < -0.4 is 11.1 Å². The molecule has 0 atom stereocenters.